The zero-order valence-corrected chi connectivity index (χ0v) is 10.5. The first kappa shape index (κ1) is 12.7. The number of hydrogen-bond acceptors (Lipinski definition) is 4. The van der Waals surface area contributed by atoms with E-state index >= 15 is 0 Å². The Bertz CT molecular complexity index is 384. The van der Waals surface area contributed by atoms with E-state index in [9.17, 15) is 0 Å². The van der Waals surface area contributed by atoms with Gasteiger partial charge in [-0.1, -0.05) is 6.07 Å². The molecule has 1 aromatic rings. The number of hydrogen-bond donors (Lipinski definition) is 2. The zero-order valence-electron chi connectivity index (χ0n) is 9.66. The molecule has 4 heteroatoms. The van der Waals surface area contributed by atoms with Gasteiger partial charge in [-0.15, -0.1) is 0 Å². The highest BCUT2D eigenvalue weighted by molar-refractivity contribution is 7.98. The van der Waals surface area contributed by atoms with E-state index in [1.807, 2.05) is 23.9 Å². The van der Waals surface area contributed by atoms with E-state index in [2.05, 4.69) is 24.6 Å². The molecule has 0 radical (unpaired) electrons. The molecule has 0 bridgehead atoms. The van der Waals surface area contributed by atoms with Crippen molar-refractivity contribution in [2.45, 2.75) is 19.4 Å². The van der Waals surface area contributed by atoms with E-state index in [1.165, 1.54) is 0 Å². The molecule has 0 saturated heterocycles. The highest BCUT2D eigenvalue weighted by Gasteiger charge is 2.07. The van der Waals surface area contributed by atoms with E-state index < -0.39 is 0 Å². The average molecular weight is 235 g/mol. The Balaban J connectivity index is 2.70. The number of nitrogens with two attached hydrogens (primary N) is 1. The second-order valence-electron chi connectivity index (χ2n) is 3.71. The highest BCUT2D eigenvalue weighted by Crippen LogP contribution is 2.23. The van der Waals surface area contributed by atoms with E-state index in [0.717, 1.165) is 17.9 Å². The average Bonchev–Trinajstić information content (AvgIpc) is 2.29. The first-order valence-electron chi connectivity index (χ1n) is 5.23. The summed E-state index contributed by atoms with van der Waals surface area (Å²) in [5, 5.41) is 12.2. The lowest BCUT2D eigenvalue weighted by Gasteiger charge is -2.16. The molecule has 0 spiro atoms. The van der Waals surface area contributed by atoms with Crippen molar-refractivity contribution in [1.29, 1.82) is 5.26 Å². The van der Waals surface area contributed by atoms with Crippen molar-refractivity contribution >= 4 is 23.1 Å². The van der Waals surface area contributed by atoms with Crippen LogP contribution in [-0.2, 0) is 0 Å². The molecular formula is C12H17N3S. The summed E-state index contributed by atoms with van der Waals surface area (Å²) in [5.74, 6) is 1.12. The Hall–Kier alpha value is -1.34. The van der Waals surface area contributed by atoms with E-state index in [-0.39, 0.29) is 0 Å². The SMILES string of the molecule is CSCCC(C)Nc1cccc(C#N)c1N. The third-order valence-electron chi connectivity index (χ3n) is 2.38. The standard InChI is InChI=1S/C12H17N3S/c1-9(6-7-16-2)15-11-5-3-4-10(8-13)12(11)14/h3-5,9,15H,6-7,14H2,1-2H3. The normalized spacial score (nSPS) is 11.8. The van der Waals surface area contributed by atoms with Crippen LogP contribution < -0.4 is 11.1 Å². The number of nitrogens with zero attached hydrogens (tertiary/aromatic N) is 1. The molecule has 0 saturated carbocycles. The number of thioether (sulfide) groups is 1. The maximum absolute atomic E-state index is 8.86. The molecule has 0 amide bonds. The van der Waals surface area contributed by atoms with Gasteiger partial charge >= 0.3 is 0 Å². The van der Waals surface area contributed by atoms with Gasteiger partial charge in [0.15, 0.2) is 0 Å². The number of para-hydroxylation sites is 1. The molecule has 1 rings (SSSR count). The fourth-order valence-electron chi connectivity index (χ4n) is 1.42. The van der Waals surface area contributed by atoms with E-state index in [0.29, 0.717) is 17.3 Å². The third-order valence-corrected chi connectivity index (χ3v) is 3.03. The molecule has 0 aromatic heterocycles. The minimum absolute atomic E-state index is 0.365. The minimum Gasteiger partial charge on any atom is -0.396 e. The van der Waals surface area contributed by atoms with Crippen LogP contribution in [0.25, 0.3) is 0 Å². The van der Waals surface area contributed by atoms with Crippen molar-refractivity contribution in [2.24, 2.45) is 0 Å². The molecule has 16 heavy (non-hydrogen) atoms. The minimum atomic E-state index is 0.365. The Kier molecular flexibility index (Phi) is 5.00. The Labute approximate surface area is 101 Å². The molecular weight excluding hydrogens is 218 g/mol. The van der Waals surface area contributed by atoms with Gasteiger partial charge in [0.05, 0.1) is 16.9 Å². The van der Waals surface area contributed by atoms with Gasteiger partial charge in [0.1, 0.15) is 6.07 Å². The van der Waals surface area contributed by atoms with Crippen LogP contribution in [-0.4, -0.2) is 18.1 Å². The number of benzene rings is 1. The van der Waals surface area contributed by atoms with Crippen LogP contribution in [0.15, 0.2) is 18.2 Å². The van der Waals surface area contributed by atoms with Crippen LogP contribution in [0.5, 0.6) is 0 Å². The van der Waals surface area contributed by atoms with E-state index in [1.54, 1.807) is 6.07 Å². The molecule has 0 aliphatic carbocycles. The van der Waals surface area contributed by atoms with Crippen molar-refractivity contribution < 1.29 is 0 Å². The van der Waals surface area contributed by atoms with Crippen molar-refractivity contribution in [3.63, 3.8) is 0 Å². The van der Waals surface area contributed by atoms with Gasteiger partial charge in [-0.05, 0) is 37.5 Å². The summed E-state index contributed by atoms with van der Waals surface area (Å²) in [7, 11) is 0. The first-order chi connectivity index (χ1) is 7.69. The van der Waals surface area contributed by atoms with E-state index in [4.69, 9.17) is 11.0 Å². The summed E-state index contributed by atoms with van der Waals surface area (Å²) in [4.78, 5) is 0. The van der Waals surface area contributed by atoms with Gasteiger partial charge in [-0.2, -0.15) is 17.0 Å². The summed E-state index contributed by atoms with van der Waals surface area (Å²) >= 11 is 1.83. The van der Waals surface area contributed by atoms with Gasteiger partial charge in [0.25, 0.3) is 0 Å². The Morgan fingerprint density at radius 3 is 2.94 bits per heavy atom. The molecule has 1 unspecified atom stereocenters. The Morgan fingerprint density at radius 2 is 2.31 bits per heavy atom. The predicted octanol–water partition coefficient (Wildman–Crippen LogP) is 2.69. The maximum atomic E-state index is 8.86. The highest BCUT2D eigenvalue weighted by atomic mass is 32.2. The van der Waals surface area contributed by atoms with Crippen LogP contribution in [0.3, 0.4) is 0 Å². The molecule has 3 nitrogen and oxygen atoms in total. The quantitative estimate of drug-likeness (QED) is 0.770. The summed E-state index contributed by atoms with van der Waals surface area (Å²) in [6.45, 7) is 2.12. The van der Waals surface area contributed by atoms with Crippen molar-refractivity contribution in [3.05, 3.63) is 23.8 Å². The lowest BCUT2D eigenvalue weighted by Crippen LogP contribution is -2.17. The fourth-order valence-corrected chi connectivity index (χ4v) is 2.01. The van der Waals surface area contributed by atoms with Gasteiger partial charge in [-0.3, -0.25) is 0 Å². The number of nitriles is 1. The summed E-state index contributed by atoms with van der Waals surface area (Å²) in [6.07, 6.45) is 3.18. The maximum Gasteiger partial charge on any atom is 0.101 e. The van der Waals surface area contributed by atoms with Crippen LogP contribution >= 0.6 is 11.8 Å². The number of nitrogen functional groups attached to an aromatic ring is 1. The van der Waals surface area contributed by atoms with Gasteiger partial charge < -0.3 is 11.1 Å². The van der Waals surface area contributed by atoms with Crippen LogP contribution in [0.2, 0.25) is 0 Å². The summed E-state index contributed by atoms with van der Waals surface area (Å²) in [5.41, 5.74) is 7.81. The summed E-state index contributed by atoms with van der Waals surface area (Å²) in [6, 6.07) is 7.93. The number of anilines is 2. The van der Waals surface area contributed by atoms with Gasteiger partial charge in [0.2, 0.25) is 0 Å². The second kappa shape index (κ2) is 6.29. The first-order valence-corrected chi connectivity index (χ1v) is 6.62. The lowest BCUT2D eigenvalue weighted by molar-refractivity contribution is 0.772. The van der Waals surface area contributed by atoms with Crippen LogP contribution in [0.1, 0.15) is 18.9 Å². The second-order valence-corrected chi connectivity index (χ2v) is 4.69. The van der Waals surface area contributed by atoms with Crippen molar-refractivity contribution in [1.82, 2.24) is 0 Å². The fraction of sp³-hybridized carbons (Fsp3) is 0.417. The number of rotatable bonds is 5. The largest absolute Gasteiger partial charge is 0.396 e. The molecule has 86 valence electrons. The molecule has 1 atom stereocenters. The molecule has 0 fully saturated rings. The predicted molar refractivity (Wildman–Crippen MR) is 71.7 cm³/mol. The van der Waals surface area contributed by atoms with Crippen LogP contribution in [0, 0.1) is 11.3 Å². The molecule has 0 heterocycles. The van der Waals surface area contributed by atoms with Crippen molar-refractivity contribution in [3.8, 4) is 6.07 Å². The smallest absolute Gasteiger partial charge is 0.101 e. The molecule has 1 aromatic carbocycles. The Morgan fingerprint density at radius 1 is 1.56 bits per heavy atom. The monoisotopic (exact) mass is 235 g/mol. The van der Waals surface area contributed by atoms with Gasteiger partial charge in [0, 0.05) is 6.04 Å². The topological polar surface area (TPSA) is 61.8 Å². The summed E-state index contributed by atoms with van der Waals surface area (Å²) < 4.78 is 0. The molecule has 0 aliphatic rings. The number of nitrogens with one attached hydrogen (secondary N) is 1. The molecule has 3 N–H and O–H groups in total. The zero-order chi connectivity index (χ0) is 12.0. The third kappa shape index (κ3) is 3.35. The van der Waals surface area contributed by atoms with Crippen molar-refractivity contribution in [2.75, 3.05) is 23.1 Å². The molecule has 0 aliphatic heterocycles. The van der Waals surface area contributed by atoms with Crippen LogP contribution in [0.4, 0.5) is 11.4 Å². The van der Waals surface area contributed by atoms with Gasteiger partial charge in [-0.25, -0.2) is 0 Å². The lowest BCUT2D eigenvalue weighted by atomic mass is 10.1.